The van der Waals surface area contributed by atoms with E-state index in [9.17, 15) is 9.59 Å². The largest absolute Gasteiger partial charge is 0.481 e. The molecule has 5 nitrogen and oxygen atoms in total. The average molecular weight is 262 g/mol. The molecule has 0 aliphatic heterocycles. The SMILES string of the molecule is O=C(O)CCCNC(=O)NC1(c2ccccc2)CC1. The molecule has 2 rings (SSSR count). The van der Waals surface area contributed by atoms with E-state index in [0.29, 0.717) is 13.0 Å². The number of rotatable bonds is 6. The first kappa shape index (κ1) is 13.4. The fraction of sp³-hybridized carbons (Fsp3) is 0.429. The van der Waals surface area contributed by atoms with Crippen LogP contribution < -0.4 is 10.6 Å². The topological polar surface area (TPSA) is 78.4 Å². The number of hydrogen-bond donors (Lipinski definition) is 3. The molecule has 0 saturated heterocycles. The molecule has 5 heteroatoms. The van der Waals surface area contributed by atoms with E-state index in [4.69, 9.17) is 5.11 Å². The maximum atomic E-state index is 11.7. The van der Waals surface area contributed by atoms with E-state index < -0.39 is 5.97 Å². The summed E-state index contributed by atoms with van der Waals surface area (Å²) in [4.78, 5) is 22.1. The Morgan fingerprint density at radius 2 is 1.89 bits per heavy atom. The summed E-state index contributed by atoms with van der Waals surface area (Å²) in [7, 11) is 0. The van der Waals surface area contributed by atoms with Gasteiger partial charge in [0.1, 0.15) is 0 Å². The van der Waals surface area contributed by atoms with Crippen LogP contribution in [0.5, 0.6) is 0 Å². The Morgan fingerprint density at radius 1 is 1.21 bits per heavy atom. The van der Waals surface area contributed by atoms with Crippen molar-refractivity contribution >= 4 is 12.0 Å². The van der Waals surface area contributed by atoms with Crippen LogP contribution in [-0.2, 0) is 10.3 Å². The fourth-order valence-corrected chi connectivity index (χ4v) is 2.07. The molecule has 0 bridgehead atoms. The first-order chi connectivity index (χ1) is 9.12. The number of urea groups is 1. The Bertz CT molecular complexity index is 455. The van der Waals surface area contributed by atoms with Crippen LogP contribution in [-0.4, -0.2) is 23.7 Å². The van der Waals surface area contributed by atoms with E-state index >= 15 is 0 Å². The van der Waals surface area contributed by atoms with Gasteiger partial charge in [0, 0.05) is 13.0 Å². The molecule has 1 fully saturated rings. The predicted molar refractivity (Wildman–Crippen MR) is 70.8 cm³/mol. The number of hydrogen-bond acceptors (Lipinski definition) is 2. The summed E-state index contributed by atoms with van der Waals surface area (Å²) in [6.45, 7) is 0.378. The number of carboxylic acid groups (broad SMARTS) is 1. The number of carbonyl (C=O) groups excluding carboxylic acids is 1. The quantitative estimate of drug-likeness (QED) is 0.684. The molecule has 0 heterocycles. The number of nitrogens with one attached hydrogen (secondary N) is 2. The Balaban J connectivity index is 1.78. The van der Waals surface area contributed by atoms with Crippen molar-refractivity contribution in [3.05, 3.63) is 35.9 Å². The second-order valence-electron chi connectivity index (χ2n) is 4.83. The van der Waals surface area contributed by atoms with Gasteiger partial charge in [-0.2, -0.15) is 0 Å². The molecule has 1 aromatic carbocycles. The van der Waals surface area contributed by atoms with Crippen LogP contribution >= 0.6 is 0 Å². The third-order valence-electron chi connectivity index (χ3n) is 3.28. The van der Waals surface area contributed by atoms with Gasteiger partial charge in [-0.05, 0) is 24.8 Å². The standard InChI is InChI=1S/C14H18N2O3/c17-12(18)7-4-10-15-13(19)16-14(8-9-14)11-5-2-1-3-6-11/h1-3,5-6H,4,7-10H2,(H,17,18)(H2,15,16,19). The zero-order valence-electron chi connectivity index (χ0n) is 10.7. The third-order valence-corrected chi connectivity index (χ3v) is 3.28. The summed E-state index contributed by atoms with van der Waals surface area (Å²) in [6, 6.07) is 9.66. The van der Waals surface area contributed by atoms with Gasteiger partial charge >= 0.3 is 12.0 Å². The van der Waals surface area contributed by atoms with Crippen molar-refractivity contribution in [2.75, 3.05) is 6.54 Å². The Kier molecular flexibility index (Phi) is 4.04. The zero-order chi connectivity index (χ0) is 13.7. The summed E-state index contributed by atoms with van der Waals surface area (Å²) in [5, 5.41) is 14.2. The van der Waals surface area contributed by atoms with Crippen molar-refractivity contribution in [2.45, 2.75) is 31.2 Å². The summed E-state index contributed by atoms with van der Waals surface area (Å²) in [5.41, 5.74) is 0.897. The molecule has 1 aromatic rings. The van der Waals surface area contributed by atoms with Gasteiger partial charge in [0.05, 0.1) is 5.54 Å². The second kappa shape index (κ2) is 5.73. The first-order valence-electron chi connectivity index (χ1n) is 6.46. The van der Waals surface area contributed by atoms with Gasteiger partial charge in [0.15, 0.2) is 0 Å². The molecule has 102 valence electrons. The highest BCUT2D eigenvalue weighted by atomic mass is 16.4. The summed E-state index contributed by atoms with van der Waals surface area (Å²) < 4.78 is 0. The Morgan fingerprint density at radius 3 is 2.47 bits per heavy atom. The van der Waals surface area contributed by atoms with E-state index in [0.717, 1.165) is 18.4 Å². The van der Waals surface area contributed by atoms with E-state index in [2.05, 4.69) is 10.6 Å². The van der Waals surface area contributed by atoms with Gasteiger partial charge in [-0.3, -0.25) is 4.79 Å². The summed E-state index contributed by atoms with van der Waals surface area (Å²) in [5.74, 6) is -0.842. The minimum absolute atomic E-state index is 0.0735. The van der Waals surface area contributed by atoms with Gasteiger partial charge in [-0.15, -0.1) is 0 Å². The van der Waals surface area contributed by atoms with Gasteiger partial charge in [-0.1, -0.05) is 30.3 Å². The Hall–Kier alpha value is -2.04. The molecule has 0 radical (unpaired) electrons. The highest BCUT2D eigenvalue weighted by molar-refractivity contribution is 5.75. The van der Waals surface area contributed by atoms with Crippen LogP contribution in [0.2, 0.25) is 0 Å². The van der Waals surface area contributed by atoms with Crippen molar-refractivity contribution in [3.8, 4) is 0 Å². The molecule has 2 amide bonds. The van der Waals surface area contributed by atoms with Crippen LogP contribution in [0.1, 0.15) is 31.2 Å². The molecule has 1 aliphatic rings. The smallest absolute Gasteiger partial charge is 0.315 e. The lowest BCUT2D eigenvalue weighted by Crippen LogP contribution is -2.42. The molecule has 3 N–H and O–H groups in total. The van der Waals surface area contributed by atoms with Gasteiger partial charge < -0.3 is 15.7 Å². The van der Waals surface area contributed by atoms with Crippen LogP contribution in [0, 0.1) is 0 Å². The normalized spacial score (nSPS) is 15.6. The second-order valence-corrected chi connectivity index (χ2v) is 4.83. The highest BCUT2D eigenvalue weighted by Crippen LogP contribution is 2.45. The van der Waals surface area contributed by atoms with Crippen LogP contribution in [0.15, 0.2) is 30.3 Å². The van der Waals surface area contributed by atoms with Gasteiger partial charge in [0.2, 0.25) is 0 Å². The molecular weight excluding hydrogens is 244 g/mol. The Labute approximate surface area is 112 Å². The van der Waals surface area contributed by atoms with Gasteiger partial charge in [-0.25, -0.2) is 4.79 Å². The number of aliphatic carboxylic acids is 1. The maximum Gasteiger partial charge on any atom is 0.315 e. The number of benzene rings is 1. The van der Waals surface area contributed by atoms with E-state index in [1.165, 1.54) is 0 Å². The van der Waals surface area contributed by atoms with Crippen molar-refractivity contribution in [2.24, 2.45) is 0 Å². The van der Waals surface area contributed by atoms with Crippen molar-refractivity contribution in [3.63, 3.8) is 0 Å². The molecule has 19 heavy (non-hydrogen) atoms. The van der Waals surface area contributed by atoms with Crippen LogP contribution in [0.4, 0.5) is 4.79 Å². The monoisotopic (exact) mass is 262 g/mol. The molecule has 0 aromatic heterocycles. The molecule has 1 saturated carbocycles. The van der Waals surface area contributed by atoms with Crippen molar-refractivity contribution in [1.29, 1.82) is 0 Å². The van der Waals surface area contributed by atoms with Crippen LogP contribution in [0.3, 0.4) is 0 Å². The molecule has 0 atom stereocenters. The molecule has 1 aliphatic carbocycles. The van der Waals surface area contributed by atoms with E-state index in [1.54, 1.807) is 0 Å². The van der Waals surface area contributed by atoms with Crippen molar-refractivity contribution in [1.82, 2.24) is 10.6 Å². The molecular formula is C14H18N2O3. The summed E-state index contributed by atoms with van der Waals surface area (Å²) >= 11 is 0. The fourth-order valence-electron chi connectivity index (χ4n) is 2.07. The number of amides is 2. The third kappa shape index (κ3) is 3.71. The lowest BCUT2D eigenvalue weighted by Gasteiger charge is -2.18. The minimum atomic E-state index is -0.842. The van der Waals surface area contributed by atoms with Crippen molar-refractivity contribution < 1.29 is 14.7 Å². The lowest BCUT2D eigenvalue weighted by atomic mass is 10.1. The number of carboxylic acids is 1. The van der Waals surface area contributed by atoms with E-state index in [-0.39, 0.29) is 18.0 Å². The van der Waals surface area contributed by atoms with E-state index in [1.807, 2.05) is 30.3 Å². The maximum absolute atomic E-state index is 11.7. The summed E-state index contributed by atoms with van der Waals surface area (Å²) in [6.07, 6.45) is 2.41. The average Bonchev–Trinajstić information content (AvgIpc) is 3.16. The highest BCUT2D eigenvalue weighted by Gasteiger charge is 2.45. The lowest BCUT2D eigenvalue weighted by molar-refractivity contribution is -0.137. The zero-order valence-corrected chi connectivity index (χ0v) is 10.7. The first-order valence-corrected chi connectivity index (χ1v) is 6.46. The number of carbonyl (C=O) groups is 2. The predicted octanol–water partition coefficient (Wildman–Crippen LogP) is 1.84. The van der Waals surface area contributed by atoms with Gasteiger partial charge in [0.25, 0.3) is 0 Å². The molecule has 0 spiro atoms. The minimum Gasteiger partial charge on any atom is -0.481 e. The molecule has 0 unspecified atom stereocenters. The van der Waals surface area contributed by atoms with Crippen LogP contribution in [0.25, 0.3) is 0 Å².